The molecule has 2 N–H and O–H groups in total. The largest absolute Gasteiger partial charge is 0.363 e. The Morgan fingerprint density at radius 3 is 1.50 bits per heavy atom. The Bertz CT molecular complexity index is 1940. The zero-order valence-electron chi connectivity index (χ0n) is 33.2. The lowest BCUT2D eigenvalue weighted by molar-refractivity contribution is -0.140. The molecular formula is C45H55N7O4. The van der Waals surface area contributed by atoms with Gasteiger partial charge in [0.15, 0.2) is 0 Å². The summed E-state index contributed by atoms with van der Waals surface area (Å²) in [5, 5.41) is 6.11. The highest BCUT2D eigenvalue weighted by Gasteiger charge is 2.39. The third-order valence-corrected chi connectivity index (χ3v) is 11.0. The van der Waals surface area contributed by atoms with Crippen LogP contribution in [0, 0.1) is 0 Å². The van der Waals surface area contributed by atoms with Crippen LogP contribution in [-0.2, 0) is 32.3 Å². The Kier molecular flexibility index (Phi) is 13.2. The van der Waals surface area contributed by atoms with E-state index in [0.29, 0.717) is 50.4 Å². The molecule has 11 heteroatoms. The van der Waals surface area contributed by atoms with Crippen molar-refractivity contribution in [3.63, 3.8) is 0 Å². The number of hydrogen-bond acceptors (Lipinski definition) is 7. The normalized spacial score (nSPS) is 17.8. The number of para-hydroxylation sites is 1. The fourth-order valence-electron chi connectivity index (χ4n) is 7.68. The topological polar surface area (TPSA) is 109 Å². The van der Waals surface area contributed by atoms with E-state index in [9.17, 15) is 19.2 Å². The molecule has 0 radical (unpaired) electrons. The van der Waals surface area contributed by atoms with Crippen molar-refractivity contribution in [2.24, 2.45) is 0 Å². The summed E-state index contributed by atoms with van der Waals surface area (Å²) in [5.41, 5.74) is 5.51. The maximum atomic E-state index is 13.8. The fourth-order valence-corrected chi connectivity index (χ4v) is 7.68. The monoisotopic (exact) mass is 757 g/mol. The van der Waals surface area contributed by atoms with Crippen LogP contribution in [0.1, 0.15) is 55.3 Å². The molecule has 4 aromatic rings. The lowest BCUT2D eigenvalue weighted by Crippen LogP contribution is -2.49. The third kappa shape index (κ3) is 9.64. The van der Waals surface area contributed by atoms with Crippen molar-refractivity contribution in [2.75, 3.05) is 56.8 Å². The zero-order valence-corrected chi connectivity index (χ0v) is 33.2. The summed E-state index contributed by atoms with van der Waals surface area (Å²) in [6.45, 7) is 4.27. The number of hydrogen-bond donors (Lipinski definition) is 2. The van der Waals surface area contributed by atoms with Crippen molar-refractivity contribution in [3.05, 3.63) is 126 Å². The number of benzene rings is 4. The van der Waals surface area contributed by atoms with Gasteiger partial charge >= 0.3 is 0 Å². The van der Waals surface area contributed by atoms with Crippen molar-refractivity contribution < 1.29 is 19.2 Å². The third-order valence-electron chi connectivity index (χ3n) is 11.0. The van der Waals surface area contributed by atoms with Gasteiger partial charge in [-0.1, -0.05) is 72.8 Å². The SMILES string of the molecule is C[C@H](C(=O)N1CCC[C@H]1C(=O)Nc1ccc(CN(Cc2ccc(NC(=O)[C@@H]3CCCN3C(=O)[C@@H](c3ccccc3)N(C)C)cc2)c2ccccc2)cc1)N(C)C. The van der Waals surface area contributed by atoms with Gasteiger partial charge < -0.3 is 25.3 Å². The molecule has 4 amide bonds. The first kappa shape index (κ1) is 40.2. The van der Waals surface area contributed by atoms with Gasteiger partial charge in [0.25, 0.3) is 0 Å². The predicted molar refractivity (Wildman–Crippen MR) is 222 cm³/mol. The number of amides is 4. The van der Waals surface area contributed by atoms with Gasteiger partial charge in [0.05, 0.1) is 6.04 Å². The van der Waals surface area contributed by atoms with Crippen molar-refractivity contribution >= 4 is 40.7 Å². The summed E-state index contributed by atoms with van der Waals surface area (Å²) in [4.78, 5) is 63.2. The molecule has 0 aromatic heterocycles. The summed E-state index contributed by atoms with van der Waals surface area (Å²) < 4.78 is 0. The van der Waals surface area contributed by atoms with Crippen LogP contribution in [0.5, 0.6) is 0 Å². The minimum Gasteiger partial charge on any atom is -0.363 e. The Morgan fingerprint density at radius 2 is 1.05 bits per heavy atom. The van der Waals surface area contributed by atoms with E-state index in [0.717, 1.165) is 35.2 Å². The molecule has 2 fully saturated rings. The molecule has 4 aromatic carbocycles. The quantitative estimate of drug-likeness (QED) is 0.162. The molecule has 2 saturated heterocycles. The van der Waals surface area contributed by atoms with E-state index in [2.05, 4.69) is 27.7 Å². The second kappa shape index (κ2) is 18.4. The lowest BCUT2D eigenvalue weighted by atomic mass is 10.0. The van der Waals surface area contributed by atoms with Gasteiger partial charge in [-0.3, -0.25) is 29.0 Å². The molecule has 56 heavy (non-hydrogen) atoms. The predicted octanol–water partition coefficient (Wildman–Crippen LogP) is 6.01. The van der Waals surface area contributed by atoms with Gasteiger partial charge in [-0.05, 0) is 114 Å². The van der Waals surface area contributed by atoms with Crippen LogP contribution >= 0.6 is 0 Å². The van der Waals surface area contributed by atoms with Crippen molar-refractivity contribution in [3.8, 4) is 0 Å². The number of likely N-dealkylation sites (N-methyl/N-ethyl adjacent to an activating group) is 2. The molecule has 0 bridgehead atoms. The summed E-state index contributed by atoms with van der Waals surface area (Å²) in [7, 11) is 7.53. The second-order valence-electron chi connectivity index (χ2n) is 15.4. The number of likely N-dealkylation sites (tertiary alicyclic amines) is 2. The Labute approximate surface area is 331 Å². The Hall–Kier alpha value is -5.52. The minimum absolute atomic E-state index is 0.0231. The van der Waals surface area contributed by atoms with E-state index in [1.54, 1.807) is 9.80 Å². The number of carbonyl (C=O) groups is 4. The first-order valence-electron chi connectivity index (χ1n) is 19.6. The maximum Gasteiger partial charge on any atom is 0.247 e. The van der Waals surface area contributed by atoms with Gasteiger partial charge in [-0.25, -0.2) is 0 Å². The summed E-state index contributed by atoms with van der Waals surface area (Å²) >= 11 is 0. The highest BCUT2D eigenvalue weighted by atomic mass is 16.2. The number of nitrogens with one attached hydrogen (secondary N) is 2. The number of nitrogens with zero attached hydrogens (tertiary/aromatic N) is 5. The number of rotatable bonds is 14. The van der Waals surface area contributed by atoms with Crippen LogP contribution in [-0.4, -0.2) is 103 Å². The minimum atomic E-state index is -0.528. The van der Waals surface area contributed by atoms with Crippen molar-refractivity contribution in [1.29, 1.82) is 0 Å². The molecule has 11 nitrogen and oxygen atoms in total. The van der Waals surface area contributed by atoms with E-state index in [1.165, 1.54) is 0 Å². The summed E-state index contributed by atoms with van der Waals surface area (Å²) in [5.74, 6) is -0.415. The highest BCUT2D eigenvalue weighted by molar-refractivity contribution is 5.99. The number of carbonyl (C=O) groups excluding carboxylic acids is 4. The van der Waals surface area contributed by atoms with Crippen LogP contribution < -0.4 is 15.5 Å². The van der Waals surface area contributed by atoms with Crippen LogP contribution in [0.3, 0.4) is 0 Å². The molecule has 0 saturated carbocycles. The zero-order chi connectivity index (χ0) is 39.8. The molecule has 294 valence electrons. The molecule has 2 aliphatic heterocycles. The van der Waals surface area contributed by atoms with Crippen molar-refractivity contribution in [2.45, 2.75) is 69.9 Å². The molecular weight excluding hydrogens is 703 g/mol. The molecule has 0 unspecified atom stereocenters. The Morgan fingerprint density at radius 1 is 0.607 bits per heavy atom. The summed E-state index contributed by atoms with van der Waals surface area (Å²) in [6, 6.07) is 33.9. The Balaban J connectivity index is 1.07. The van der Waals surface area contributed by atoms with Gasteiger partial charge in [0.2, 0.25) is 23.6 Å². The van der Waals surface area contributed by atoms with Gasteiger partial charge in [0.1, 0.15) is 18.1 Å². The second-order valence-corrected chi connectivity index (χ2v) is 15.4. The van der Waals surface area contributed by atoms with E-state index in [-0.39, 0.29) is 29.7 Å². The fraction of sp³-hybridized carbons (Fsp3) is 0.378. The van der Waals surface area contributed by atoms with Crippen LogP contribution in [0.2, 0.25) is 0 Å². The standard InChI is InChI=1S/C45H55N7O4/c1-32(48(2)3)44(55)51-28-12-18-39(51)42(53)46-36-24-20-33(21-25-36)30-50(38-16-10-7-11-17-38)31-34-22-26-37(27-23-34)47-43(54)40-19-13-29-52(40)45(56)41(49(4)5)35-14-8-6-9-15-35/h6-11,14-17,20-27,32,39-41H,12-13,18-19,28-31H2,1-5H3,(H,46,53)(H,47,54)/t32-,39+,40+,41-/m1/s1. The lowest BCUT2D eigenvalue weighted by Gasteiger charge is -2.31. The molecule has 4 atom stereocenters. The van der Waals surface area contributed by atoms with E-state index >= 15 is 0 Å². The average molecular weight is 758 g/mol. The first-order chi connectivity index (χ1) is 27.0. The summed E-state index contributed by atoms with van der Waals surface area (Å²) in [6.07, 6.45) is 2.87. The molecule has 0 spiro atoms. The maximum absolute atomic E-state index is 13.8. The van der Waals surface area contributed by atoms with Crippen LogP contribution in [0.4, 0.5) is 17.1 Å². The van der Waals surface area contributed by atoms with E-state index in [1.807, 2.05) is 142 Å². The number of anilines is 3. The van der Waals surface area contributed by atoms with E-state index in [4.69, 9.17) is 0 Å². The molecule has 6 rings (SSSR count). The molecule has 2 heterocycles. The van der Waals surface area contributed by atoms with Crippen LogP contribution in [0.25, 0.3) is 0 Å². The highest BCUT2D eigenvalue weighted by Crippen LogP contribution is 2.28. The smallest absolute Gasteiger partial charge is 0.247 e. The average Bonchev–Trinajstić information content (AvgIpc) is 3.91. The van der Waals surface area contributed by atoms with Crippen LogP contribution in [0.15, 0.2) is 109 Å². The van der Waals surface area contributed by atoms with Gasteiger partial charge in [-0.15, -0.1) is 0 Å². The molecule has 2 aliphatic rings. The molecule has 0 aliphatic carbocycles. The van der Waals surface area contributed by atoms with Crippen molar-refractivity contribution in [1.82, 2.24) is 19.6 Å². The van der Waals surface area contributed by atoms with Gasteiger partial charge in [0, 0.05) is 43.2 Å². The first-order valence-corrected chi connectivity index (χ1v) is 19.6. The van der Waals surface area contributed by atoms with Gasteiger partial charge in [-0.2, -0.15) is 0 Å². The van der Waals surface area contributed by atoms with E-state index < -0.39 is 18.1 Å².